The van der Waals surface area contributed by atoms with Gasteiger partial charge in [0.05, 0.1) is 7.11 Å². The summed E-state index contributed by atoms with van der Waals surface area (Å²) >= 11 is 0. The van der Waals surface area contributed by atoms with E-state index in [0.29, 0.717) is 11.7 Å². The van der Waals surface area contributed by atoms with E-state index < -0.39 is 0 Å². The van der Waals surface area contributed by atoms with Crippen LogP contribution in [0.1, 0.15) is 30.3 Å². The first-order valence-electron chi connectivity index (χ1n) is 8.29. The van der Waals surface area contributed by atoms with Crippen LogP contribution >= 0.6 is 0 Å². The largest absolute Gasteiger partial charge is 0.497 e. The molecule has 5 heteroatoms. The second-order valence-electron chi connectivity index (χ2n) is 6.15. The van der Waals surface area contributed by atoms with E-state index in [4.69, 9.17) is 4.74 Å². The molecule has 1 N–H and O–H groups in total. The van der Waals surface area contributed by atoms with Gasteiger partial charge in [-0.05, 0) is 50.2 Å². The van der Waals surface area contributed by atoms with Crippen LogP contribution in [-0.2, 0) is 7.05 Å². The van der Waals surface area contributed by atoms with Crippen molar-refractivity contribution >= 4 is 16.8 Å². The summed E-state index contributed by atoms with van der Waals surface area (Å²) in [6, 6.07) is 8.27. The van der Waals surface area contributed by atoms with Gasteiger partial charge in [0.15, 0.2) is 0 Å². The second kappa shape index (κ2) is 6.62. The minimum atomic E-state index is -0.00869. The molecule has 1 aliphatic heterocycles. The molecule has 1 fully saturated rings. The Bertz CT molecular complexity index is 708. The molecule has 23 heavy (non-hydrogen) atoms. The van der Waals surface area contributed by atoms with Crippen LogP contribution in [0.4, 0.5) is 0 Å². The Balaban J connectivity index is 1.74. The fourth-order valence-electron chi connectivity index (χ4n) is 3.52. The van der Waals surface area contributed by atoms with Crippen molar-refractivity contribution in [1.29, 1.82) is 0 Å². The van der Waals surface area contributed by atoms with Crippen molar-refractivity contribution in [3.8, 4) is 5.75 Å². The topological polar surface area (TPSA) is 46.5 Å². The normalized spacial score (nSPS) is 18.5. The molecular weight excluding hydrogens is 290 g/mol. The molecule has 1 atom stereocenters. The van der Waals surface area contributed by atoms with Crippen molar-refractivity contribution in [2.75, 3.05) is 26.7 Å². The molecule has 2 aromatic rings. The van der Waals surface area contributed by atoms with Crippen molar-refractivity contribution in [2.45, 2.75) is 25.8 Å². The second-order valence-corrected chi connectivity index (χ2v) is 6.15. The van der Waals surface area contributed by atoms with E-state index in [-0.39, 0.29) is 5.91 Å². The lowest BCUT2D eigenvalue weighted by Crippen LogP contribution is -2.40. The number of nitrogens with zero attached hydrogens (tertiary/aromatic N) is 2. The number of rotatable bonds is 5. The molecule has 1 saturated heterocycles. The third-order valence-electron chi connectivity index (χ3n) is 4.89. The van der Waals surface area contributed by atoms with Gasteiger partial charge in [-0.3, -0.25) is 9.69 Å². The first-order valence-corrected chi connectivity index (χ1v) is 8.29. The maximum atomic E-state index is 12.6. The highest BCUT2D eigenvalue weighted by Crippen LogP contribution is 2.24. The summed E-state index contributed by atoms with van der Waals surface area (Å²) in [6.45, 7) is 5.09. The smallest absolute Gasteiger partial charge is 0.267 e. The third-order valence-corrected chi connectivity index (χ3v) is 4.89. The number of benzene rings is 1. The number of ether oxygens (including phenoxy) is 1. The molecule has 3 rings (SSSR count). The lowest BCUT2D eigenvalue weighted by Gasteiger charge is -2.22. The molecule has 0 saturated carbocycles. The van der Waals surface area contributed by atoms with Crippen molar-refractivity contribution in [2.24, 2.45) is 7.05 Å². The molecule has 124 valence electrons. The van der Waals surface area contributed by atoms with Crippen LogP contribution in [0, 0.1) is 0 Å². The number of likely N-dealkylation sites (N-methyl/N-ethyl adjacent to an activating group) is 1. The number of hydrogen-bond acceptors (Lipinski definition) is 3. The van der Waals surface area contributed by atoms with Gasteiger partial charge < -0.3 is 14.6 Å². The number of likely N-dealkylation sites (tertiary alicyclic amines) is 1. The lowest BCUT2D eigenvalue weighted by molar-refractivity contribution is 0.0933. The van der Waals surface area contributed by atoms with Gasteiger partial charge >= 0.3 is 0 Å². The highest BCUT2D eigenvalue weighted by molar-refractivity contribution is 5.99. The van der Waals surface area contributed by atoms with Gasteiger partial charge in [-0.25, -0.2) is 0 Å². The van der Waals surface area contributed by atoms with Gasteiger partial charge in [0.25, 0.3) is 5.91 Å². The van der Waals surface area contributed by atoms with Crippen LogP contribution in [0.25, 0.3) is 10.9 Å². The fraction of sp³-hybridized carbons (Fsp3) is 0.500. The molecule has 1 aromatic carbocycles. The summed E-state index contributed by atoms with van der Waals surface area (Å²) < 4.78 is 7.20. The molecule has 0 aliphatic carbocycles. The van der Waals surface area contributed by atoms with Crippen molar-refractivity contribution < 1.29 is 9.53 Å². The first kappa shape index (κ1) is 15.9. The Morgan fingerprint density at radius 2 is 2.22 bits per heavy atom. The zero-order valence-electron chi connectivity index (χ0n) is 14.1. The van der Waals surface area contributed by atoms with E-state index in [9.17, 15) is 4.79 Å². The number of hydrogen-bond donors (Lipinski definition) is 1. The number of aryl methyl sites for hydroxylation is 1. The number of methoxy groups -OCH3 is 1. The maximum absolute atomic E-state index is 12.6. The van der Waals surface area contributed by atoms with Gasteiger partial charge in [0, 0.05) is 30.5 Å². The van der Waals surface area contributed by atoms with E-state index in [1.54, 1.807) is 7.11 Å². The summed E-state index contributed by atoms with van der Waals surface area (Å²) in [5, 5.41) is 4.12. The SMILES string of the molecule is CCN1CCC[C@@H]1CNC(=O)c1cc2cc(OC)ccc2n1C. The van der Waals surface area contributed by atoms with Crippen LogP contribution in [0.15, 0.2) is 24.3 Å². The standard InChI is InChI=1S/C18H25N3O2/c1-4-21-9-5-6-14(21)12-19-18(22)17-11-13-10-15(23-3)7-8-16(13)20(17)2/h7-8,10-11,14H,4-6,9,12H2,1-3H3,(H,19,22)/t14-/m1/s1. The molecule has 2 heterocycles. The molecule has 1 aliphatic rings. The average molecular weight is 315 g/mol. The van der Waals surface area contributed by atoms with Crippen molar-refractivity contribution in [1.82, 2.24) is 14.8 Å². The minimum absolute atomic E-state index is 0.00869. The Morgan fingerprint density at radius 3 is 2.96 bits per heavy atom. The molecule has 1 aromatic heterocycles. The molecule has 0 spiro atoms. The molecular formula is C18H25N3O2. The molecule has 0 bridgehead atoms. The summed E-state index contributed by atoms with van der Waals surface area (Å²) in [5.74, 6) is 0.797. The number of fused-ring (bicyclic) bond motifs is 1. The number of carbonyl (C=O) groups excluding carboxylic acids is 1. The lowest BCUT2D eigenvalue weighted by atomic mass is 10.2. The predicted molar refractivity (Wildman–Crippen MR) is 92.1 cm³/mol. The van der Waals surface area contributed by atoms with E-state index in [0.717, 1.165) is 36.3 Å². The number of aromatic nitrogens is 1. The first-order chi connectivity index (χ1) is 11.1. The fourth-order valence-corrected chi connectivity index (χ4v) is 3.52. The molecule has 0 radical (unpaired) electrons. The van der Waals surface area contributed by atoms with Crippen molar-refractivity contribution in [3.63, 3.8) is 0 Å². The van der Waals surface area contributed by atoms with Gasteiger partial charge in [-0.15, -0.1) is 0 Å². The molecule has 0 unspecified atom stereocenters. The zero-order chi connectivity index (χ0) is 16.4. The Labute approximate surface area is 137 Å². The molecule has 5 nitrogen and oxygen atoms in total. The monoisotopic (exact) mass is 315 g/mol. The summed E-state index contributed by atoms with van der Waals surface area (Å²) in [5.41, 5.74) is 1.72. The van der Waals surface area contributed by atoms with Crippen LogP contribution in [0.5, 0.6) is 5.75 Å². The Morgan fingerprint density at radius 1 is 1.39 bits per heavy atom. The van der Waals surface area contributed by atoms with E-state index in [2.05, 4.69) is 17.1 Å². The third kappa shape index (κ3) is 3.06. The highest BCUT2D eigenvalue weighted by Gasteiger charge is 2.24. The summed E-state index contributed by atoms with van der Waals surface area (Å²) in [4.78, 5) is 15.0. The average Bonchev–Trinajstić information content (AvgIpc) is 3.16. The number of carbonyl (C=O) groups is 1. The van der Waals surface area contributed by atoms with Crippen LogP contribution in [0.2, 0.25) is 0 Å². The minimum Gasteiger partial charge on any atom is -0.497 e. The van der Waals surface area contributed by atoms with E-state index in [1.165, 1.54) is 12.8 Å². The Hall–Kier alpha value is -2.01. The van der Waals surface area contributed by atoms with E-state index in [1.807, 2.05) is 35.9 Å². The summed E-state index contributed by atoms with van der Waals surface area (Å²) in [6.07, 6.45) is 2.39. The predicted octanol–water partition coefficient (Wildman–Crippen LogP) is 2.40. The van der Waals surface area contributed by atoms with Crippen LogP contribution in [0.3, 0.4) is 0 Å². The van der Waals surface area contributed by atoms with Gasteiger partial charge in [0.2, 0.25) is 0 Å². The van der Waals surface area contributed by atoms with Gasteiger partial charge in [0.1, 0.15) is 11.4 Å². The van der Waals surface area contributed by atoms with Gasteiger partial charge in [-0.2, -0.15) is 0 Å². The van der Waals surface area contributed by atoms with Crippen molar-refractivity contribution in [3.05, 3.63) is 30.0 Å². The number of nitrogens with one attached hydrogen (secondary N) is 1. The van der Waals surface area contributed by atoms with Gasteiger partial charge in [-0.1, -0.05) is 6.92 Å². The number of amides is 1. The summed E-state index contributed by atoms with van der Waals surface area (Å²) in [7, 11) is 3.58. The zero-order valence-corrected chi connectivity index (χ0v) is 14.1. The highest BCUT2D eigenvalue weighted by atomic mass is 16.5. The van der Waals surface area contributed by atoms with E-state index >= 15 is 0 Å². The maximum Gasteiger partial charge on any atom is 0.267 e. The quantitative estimate of drug-likeness (QED) is 0.921. The van der Waals surface area contributed by atoms with Crippen LogP contribution < -0.4 is 10.1 Å². The van der Waals surface area contributed by atoms with Crippen LogP contribution in [-0.4, -0.2) is 48.2 Å². The molecule has 1 amide bonds. The Kier molecular flexibility index (Phi) is 4.57.